The van der Waals surface area contributed by atoms with E-state index in [1.165, 1.54) is 245 Å². The van der Waals surface area contributed by atoms with Crippen LogP contribution in [0.15, 0.2) is 303 Å². The zero-order valence-electron chi connectivity index (χ0n) is 63.4. The normalized spacial score (nSPS) is 12.3. The van der Waals surface area contributed by atoms with Crippen molar-refractivity contribution < 1.29 is 0 Å². The highest BCUT2D eigenvalue weighted by Crippen LogP contribution is 2.45. The van der Waals surface area contributed by atoms with E-state index in [1.54, 1.807) is 0 Å². The molecule has 1 atom stereocenters. The highest BCUT2D eigenvalue weighted by molar-refractivity contribution is 6.16. The summed E-state index contributed by atoms with van der Waals surface area (Å²) in [5.41, 5.74) is 27.4. The number of hydrogen-bond acceptors (Lipinski definition) is 1. The van der Waals surface area contributed by atoms with Crippen LogP contribution in [0.3, 0.4) is 0 Å². The van der Waals surface area contributed by atoms with Crippen LogP contribution in [-0.4, -0.2) is 33.9 Å². The van der Waals surface area contributed by atoms with Gasteiger partial charge in [-0.15, -0.1) is 0 Å². The average Bonchev–Trinajstić information content (AvgIpc) is 1.57. The lowest BCUT2D eigenvalue weighted by atomic mass is 10.0. The van der Waals surface area contributed by atoms with E-state index < -0.39 is 0 Å². The Balaban J connectivity index is 0.000000162. The maximum Gasteiger partial charge on any atom is 0.111 e. The monoisotopic (exact) mass is 1410 g/mol. The van der Waals surface area contributed by atoms with Crippen molar-refractivity contribution in [1.29, 1.82) is 0 Å². The molecule has 20 rings (SSSR count). The molecule has 109 heavy (non-hydrogen) atoms. The van der Waals surface area contributed by atoms with Crippen molar-refractivity contribution in [2.24, 2.45) is 14.1 Å². The van der Waals surface area contributed by atoms with Gasteiger partial charge in [-0.2, -0.15) is 0 Å². The van der Waals surface area contributed by atoms with Crippen LogP contribution in [0.2, 0.25) is 0 Å². The van der Waals surface area contributed by atoms with E-state index in [9.17, 15) is 0 Å². The van der Waals surface area contributed by atoms with E-state index in [0.717, 1.165) is 13.0 Å². The summed E-state index contributed by atoms with van der Waals surface area (Å²) < 4.78 is 14.9. The van der Waals surface area contributed by atoms with Gasteiger partial charge in [-0.3, -0.25) is 0 Å². The molecule has 534 valence electrons. The summed E-state index contributed by atoms with van der Waals surface area (Å²) in [6.07, 6.45) is 13.0. The van der Waals surface area contributed by atoms with Crippen molar-refractivity contribution in [2.75, 3.05) is 11.4 Å². The molecule has 7 nitrogen and oxygen atoms in total. The minimum Gasteiger partial charge on any atom is -0.344 e. The molecule has 0 aliphatic carbocycles. The number of nitrogens with zero attached hydrogens (tertiary/aromatic N) is 7. The van der Waals surface area contributed by atoms with E-state index in [2.05, 4.69) is 377 Å². The number of benzene rings is 14. The highest BCUT2D eigenvalue weighted by Gasteiger charge is 2.26. The summed E-state index contributed by atoms with van der Waals surface area (Å²) >= 11 is 0. The topological polar surface area (TPSA) is 32.8 Å². The second-order valence-electron chi connectivity index (χ2n) is 30.5. The molecule has 6 heterocycles. The third-order valence-corrected chi connectivity index (χ3v) is 23.9. The van der Waals surface area contributed by atoms with Gasteiger partial charge in [0.2, 0.25) is 0 Å². The van der Waals surface area contributed by atoms with Crippen molar-refractivity contribution >= 4 is 142 Å². The Bertz CT molecular complexity index is 6860. The second kappa shape index (κ2) is 28.1. The fourth-order valence-corrected chi connectivity index (χ4v) is 18.5. The van der Waals surface area contributed by atoms with E-state index in [1.807, 2.05) is 0 Å². The van der Waals surface area contributed by atoms with Gasteiger partial charge < -0.3 is 32.3 Å². The van der Waals surface area contributed by atoms with Crippen molar-refractivity contribution in [3.05, 3.63) is 314 Å². The molecule has 0 N–H and O–H groups in total. The minimum absolute atomic E-state index is 0.104. The Morgan fingerprint density at radius 1 is 0.257 bits per heavy atom. The van der Waals surface area contributed by atoms with Gasteiger partial charge in [0.05, 0.1) is 44.1 Å². The van der Waals surface area contributed by atoms with E-state index in [4.69, 9.17) is 0 Å². The first kappa shape index (κ1) is 67.3. The Labute approximate surface area is 637 Å². The summed E-state index contributed by atoms with van der Waals surface area (Å²) in [4.78, 5) is 2.36. The maximum atomic E-state index is 2.69. The molecule has 0 fully saturated rings. The summed E-state index contributed by atoms with van der Waals surface area (Å²) in [5, 5.41) is 15.5. The smallest absolute Gasteiger partial charge is 0.111 e. The van der Waals surface area contributed by atoms with Crippen LogP contribution in [0.5, 0.6) is 0 Å². The van der Waals surface area contributed by atoms with Crippen LogP contribution < -0.4 is 4.90 Å². The lowest BCUT2D eigenvalue weighted by Gasteiger charge is -2.26. The molecule has 0 radical (unpaired) electrons. The van der Waals surface area contributed by atoms with Crippen molar-refractivity contribution in [3.63, 3.8) is 0 Å². The van der Waals surface area contributed by atoms with Crippen molar-refractivity contribution in [2.45, 2.75) is 98.1 Å². The lowest BCUT2D eigenvalue weighted by Crippen LogP contribution is -2.18. The van der Waals surface area contributed by atoms with Crippen LogP contribution in [-0.2, 0) is 14.1 Å². The number of fused-ring (bicyclic) bond motifs is 18. The van der Waals surface area contributed by atoms with Gasteiger partial charge in [-0.1, -0.05) is 221 Å². The number of unbranched alkanes of at least 4 members (excludes halogenated alkanes) is 8. The van der Waals surface area contributed by atoms with Crippen LogP contribution in [0, 0.1) is 13.8 Å². The maximum absolute atomic E-state index is 2.69. The average molecular weight is 1410 g/mol. The molecular formula is C102H91N7. The summed E-state index contributed by atoms with van der Waals surface area (Å²) in [5.74, 6) is 0. The van der Waals surface area contributed by atoms with Gasteiger partial charge in [0.1, 0.15) is 6.17 Å². The summed E-state index contributed by atoms with van der Waals surface area (Å²) in [6, 6.07) is 113. The molecule has 7 heteroatoms. The van der Waals surface area contributed by atoms with Crippen molar-refractivity contribution in [3.8, 4) is 33.6 Å². The molecule has 0 aliphatic rings. The molecule has 0 spiro atoms. The van der Waals surface area contributed by atoms with E-state index in [0.29, 0.717) is 0 Å². The van der Waals surface area contributed by atoms with Gasteiger partial charge >= 0.3 is 0 Å². The second-order valence-corrected chi connectivity index (χ2v) is 30.5. The van der Waals surface area contributed by atoms with Gasteiger partial charge in [-0.25, -0.2) is 0 Å². The van der Waals surface area contributed by atoms with Crippen LogP contribution in [0.25, 0.3) is 164 Å². The fourth-order valence-electron chi connectivity index (χ4n) is 18.5. The highest BCUT2D eigenvalue weighted by atomic mass is 15.2. The number of para-hydroxylation sites is 6. The molecule has 14 aromatic carbocycles. The molecule has 20 aromatic rings. The largest absolute Gasteiger partial charge is 0.344 e. The Morgan fingerprint density at radius 3 is 1.03 bits per heavy atom. The number of aryl methyl sites for hydroxylation is 4. The first-order chi connectivity index (χ1) is 53.7. The van der Waals surface area contributed by atoms with Gasteiger partial charge in [-0.05, 0) is 208 Å². The third kappa shape index (κ3) is 11.6. The standard InChI is InChI=1S/C62H58N4.C40H33N3/c1-4-5-6-7-8-9-10-11-12-29-62(65-57-27-19-15-22-47(57)50-38-42(2)30-34-60(50)65)66-58-28-20-16-24-49(58)53-41-45(33-37-61(53)66)64-56-26-18-14-23-48(56)52-40-44(32-36-59(52)64)43-31-35-55-51(39-43)46-21-13-17-25-54(46)63(55)3;1-4-42(30-17-13-27(2)14-18-30)31-19-21-32(22-20-31)43-39-12-8-6-10-34(39)36-26-29(16-24-40(36)43)28-15-23-38-35(25-28)33-9-5-7-11-37(33)41(38)3/h13-28,30-41,62H,4-12,29H2,1-3H3;5-26H,4H2,1-3H3. The van der Waals surface area contributed by atoms with Crippen molar-refractivity contribution in [1.82, 2.24) is 27.4 Å². The molecule has 0 amide bonds. The summed E-state index contributed by atoms with van der Waals surface area (Å²) in [7, 11) is 4.32. The molecule has 0 saturated carbocycles. The number of hydrogen-bond donors (Lipinski definition) is 0. The SMILES string of the molecule is CCCCCCCCCCCC(n1c2ccccc2c2cc(C)ccc21)n1c2ccccc2c2cc(-n3c4ccccc4c4cc(-c5ccc6c(c5)c5ccccc5n6C)ccc43)ccc21.CCN(c1ccc(C)cc1)c1ccc(-n2c3ccccc3c3cc(-c4ccc5c(c4)c4ccccc4n5C)ccc32)cc1. The zero-order chi connectivity index (χ0) is 73.4. The summed E-state index contributed by atoms with van der Waals surface area (Å²) in [6.45, 7) is 9.77. The van der Waals surface area contributed by atoms with Crippen LogP contribution >= 0.6 is 0 Å². The lowest BCUT2D eigenvalue weighted by molar-refractivity contribution is 0.418. The molecule has 0 saturated heterocycles. The molecule has 6 aromatic heterocycles. The van der Waals surface area contributed by atoms with E-state index in [-0.39, 0.29) is 6.17 Å². The Hall–Kier alpha value is -12.3. The Morgan fingerprint density at radius 2 is 0.560 bits per heavy atom. The number of aromatic nitrogens is 6. The van der Waals surface area contributed by atoms with Crippen LogP contribution in [0.1, 0.15) is 95.3 Å². The molecule has 0 aliphatic heterocycles. The predicted molar refractivity (Wildman–Crippen MR) is 468 cm³/mol. The molecule has 0 bridgehead atoms. The van der Waals surface area contributed by atoms with Gasteiger partial charge in [0.25, 0.3) is 0 Å². The first-order valence-corrected chi connectivity index (χ1v) is 39.7. The quantitative estimate of drug-likeness (QED) is 0.0743. The number of rotatable bonds is 19. The minimum atomic E-state index is 0.104. The third-order valence-electron chi connectivity index (χ3n) is 23.9. The van der Waals surface area contributed by atoms with Crippen LogP contribution in [0.4, 0.5) is 11.4 Å². The van der Waals surface area contributed by atoms with E-state index >= 15 is 0 Å². The zero-order valence-corrected chi connectivity index (χ0v) is 63.4. The molecule has 1 unspecified atom stereocenters. The van der Waals surface area contributed by atoms with Gasteiger partial charge in [0.15, 0.2) is 0 Å². The Kier molecular flexibility index (Phi) is 17.4. The van der Waals surface area contributed by atoms with Gasteiger partial charge in [0, 0.05) is 130 Å². The fraction of sp³-hybridized carbons (Fsp3) is 0.176. The predicted octanol–water partition coefficient (Wildman–Crippen LogP) is 28.1. The first-order valence-electron chi connectivity index (χ1n) is 39.7. The number of anilines is 2. The molecular weight excluding hydrogens is 1320 g/mol.